The smallest absolute Gasteiger partial charge is 0.251 e. The summed E-state index contributed by atoms with van der Waals surface area (Å²) in [5.41, 5.74) is 1.02. The largest absolute Gasteiger partial charge is 0.381 e. The summed E-state index contributed by atoms with van der Waals surface area (Å²) in [5.74, 6) is 0.750. The van der Waals surface area contributed by atoms with E-state index in [0.717, 1.165) is 50.3 Å². The average Bonchev–Trinajstić information content (AvgIpc) is 3.35. The first-order chi connectivity index (χ1) is 15.1. The van der Waals surface area contributed by atoms with Crippen LogP contribution in [0.5, 0.6) is 0 Å². The standard InChI is InChI=1S/C23H33FN4O3/c1-25-22(28-12-10-27(11-13-28)21(29)20-3-2-14-31-20)26-17-23(8-15-30-16-9-23)18-4-6-19(24)7-5-18/h4-7,20H,2-3,8-17H2,1H3,(H,25,26). The zero-order chi connectivity index (χ0) is 21.7. The number of rotatable bonds is 4. The molecule has 0 bridgehead atoms. The zero-order valence-corrected chi connectivity index (χ0v) is 18.3. The third kappa shape index (κ3) is 5.01. The number of aliphatic imine (C=N–C) groups is 1. The molecular formula is C23H33FN4O3. The molecular weight excluding hydrogens is 399 g/mol. The second-order valence-corrected chi connectivity index (χ2v) is 8.61. The van der Waals surface area contributed by atoms with Crippen molar-refractivity contribution < 1.29 is 18.7 Å². The number of benzene rings is 1. The molecule has 1 aromatic carbocycles. The molecule has 1 unspecified atom stereocenters. The molecule has 0 spiro atoms. The predicted octanol–water partition coefficient (Wildman–Crippen LogP) is 1.77. The van der Waals surface area contributed by atoms with Crippen molar-refractivity contribution in [1.29, 1.82) is 0 Å². The lowest BCUT2D eigenvalue weighted by Gasteiger charge is -2.41. The van der Waals surface area contributed by atoms with E-state index in [2.05, 4.69) is 15.2 Å². The number of amides is 1. The van der Waals surface area contributed by atoms with Gasteiger partial charge in [-0.05, 0) is 43.4 Å². The highest BCUT2D eigenvalue weighted by Gasteiger charge is 2.36. The van der Waals surface area contributed by atoms with Crippen molar-refractivity contribution in [3.8, 4) is 0 Å². The van der Waals surface area contributed by atoms with Gasteiger partial charge < -0.3 is 24.6 Å². The normalized spacial score (nSPS) is 24.3. The fraction of sp³-hybridized carbons (Fsp3) is 0.652. The Hall–Kier alpha value is -2.19. The van der Waals surface area contributed by atoms with Gasteiger partial charge in [0.25, 0.3) is 5.91 Å². The predicted molar refractivity (Wildman–Crippen MR) is 117 cm³/mol. The Morgan fingerprint density at radius 1 is 1.13 bits per heavy atom. The highest BCUT2D eigenvalue weighted by molar-refractivity contribution is 5.83. The van der Waals surface area contributed by atoms with Crippen LogP contribution in [0, 0.1) is 5.82 Å². The molecule has 0 saturated carbocycles. The summed E-state index contributed by atoms with van der Waals surface area (Å²) in [6.45, 7) is 5.63. The molecule has 1 N–H and O–H groups in total. The molecule has 3 aliphatic heterocycles. The van der Waals surface area contributed by atoms with Crippen LogP contribution in [0.15, 0.2) is 29.3 Å². The fourth-order valence-corrected chi connectivity index (χ4v) is 4.83. The Morgan fingerprint density at radius 3 is 2.42 bits per heavy atom. The van der Waals surface area contributed by atoms with Gasteiger partial charge in [0, 0.05) is 65.0 Å². The van der Waals surface area contributed by atoms with Crippen molar-refractivity contribution in [2.45, 2.75) is 37.2 Å². The van der Waals surface area contributed by atoms with Crippen molar-refractivity contribution in [2.24, 2.45) is 4.99 Å². The SMILES string of the molecule is CN=C(NCC1(c2ccc(F)cc2)CCOCC1)N1CCN(C(=O)C2CCCO2)CC1. The highest BCUT2D eigenvalue weighted by Crippen LogP contribution is 2.34. The number of nitrogens with one attached hydrogen (secondary N) is 1. The Bertz CT molecular complexity index is 766. The maximum Gasteiger partial charge on any atom is 0.251 e. The lowest BCUT2D eigenvalue weighted by Crippen LogP contribution is -2.56. The van der Waals surface area contributed by atoms with E-state index >= 15 is 0 Å². The van der Waals surface area contributed by atoms with Crippen LogP contribution in [0.1, 0.15) is 31.2 Å². The molecule has 7 nitrogen and oxygen atoms in total. The van der Waals surface area contributed by atoms with Crippen molar-refractivity contribution in [3.63, 3.8) is 0 Å². The van der Waals surface area contributed by atoms with Crippen LogP contribution in [-0.2, 0) is 19.7 Å². The molecule has 1 atom stereocenters. The van der Waals surface area contributed by atoms with Crippen molar-refractivity contribution >= 4 is 11.9 Å². The molecule has 0 aromatic heterocycles. The number of hydrogen-bond donors (Lipinski definition) is 1. The van der Waals surface area contributed by atoms with Gasteiger partial charge >= 0.3 is 0 Å². The van der Waals surface area contributed by atoms with Crippen molar-refractivity contribution in [2.75, 3.05) is 59.6 Å². The molecule has 1 amide bonds. The van der Waals surface area contributed by atoms with Crippen molar-refractivity contribution in [3.05, 3.63) is 35.6 Å². The summed E-state index contributed by atoms with van der Waals surface area (Å²) < 4.78 is 24.6. The first kappa shape index (κ1) is 22.0. The number of nitrogens with zero attached hydrogens (tertiary/aromatic N) is 3. The van der Waals surface area contributed by atoms with Gasteiger partial charge in [-0.1, -0.05) is 12.1 Å². The monoisotopic (exact) mass is 432 g/mol. The minimum atomic E-state index is -0.256. The number of ether oxygens (including phenoxy) is 2. The number of guanidine groups is 1. The summed E-state index contributed by atoms with van der Waals surface area (Å²) in [5, 5.41) is 3.56. The van der Waals surface area contributed by atoms with E-state index in [0.29, 0.717) is 39.5 Å². The Morgan fingerprint density at radius 2 is 1.81 bits per heavy atom. The van der Waals surface area contributed by atoms with Gasteiger partial charge in [-0.25, -0.2) is 4.39 Å². The fourth-order valence-electron chi connectivity index (χ4n) is 4.83. The first-order valence-electron chi connectivity index (χ1n) is 11.3. The Balaban J connectivity index is 1.36. The van der Waals surface area contributed by atoms with Gasteiger partial charge in [0.2, 0.25) is 0 Å². The van der Waals surface area contributed by atoms with E-state index < -0.39 is 0 Å². The summed E-state index contributed by atoms with van der Waals surface area (Å²) >= 11 is 0. The zero-order valence-electron chi connectivity index (χ0n) is 18.3. The average molecular weight is 433 g/mol. The molecule has 3 fully saturated rings. The maximum atomic E-state index is 13.5. The number of carbonyl (C=O) groups excluding carboxylic acids is 1. The molecule has 3 saturated heterocycles. The van der Waals surface area contributed by atoms with E-state index in [1.54, 1.807) is 7.05 Å². The number of halogens is 1. The Kier molecular flexibility index (Phi) is 7.07. The second kappa shape index (κ2) is 9.96. The first-order valence-corrected chi connectivity index (χ1v) is 11.3. The third-order valence-electron chi connectivity index (χ3n) is 6.80. The second-order valence-electron chi connectivity index (χ2n) is 8.61. The number of hydrogen-bond acceptors (Lipinski definition) is 4. The van der Waals surface area contributed by atoms with Gasteiger partial charge in [-0.15, -0.1) is 0 Å². The van der Waals surface area contributed by atoms with E-state index in [-0.39, 0.29) is 23.2 Å². The third-order valence-corrected chi connectivity index (χ3v) is 6.80. The molecule has 0 radical (unpaired) electrons. The van der Waals surface area contributed by atoms with Crippen LogP contribution in [0.25, 0.3) is 0 Å². The minimum absolute atomic E-state index is 0.112. The van der Waals surface area contributed by atoms with E-state index in [1.165, 1.54) is 12.1 Å². The Labute approximate surface area is 183 Å². The van der Waals surface area contributed by atoms with Gasteiger partial charge in [-0.2, -0.15) is 0 Å². The molecule has 31 heavy (non-hydrogen) atoms. The summed E-state index contributed by atoms with van der Waals surface area (Å²) in [6, 6.07) is 6.85. The van der Waals surface area contributed by atoms with E-state index in [4.69, 9.17) is 9.47 Å². The van der Waals surface area contributed by atoms with Crippen LogP contribution in [0.4, 0.5) is 4.39 Å². The molecule has 3 heterocycles. The molecule has 0 aliphatic carbocycles. The highest BCUT2D eigenvalue weighted by atomic mass is 19.1. The summed E-state index contributed by atoms with van der Waals surface area (Å²) in [6.07, 6.45) is 3.30. The number of piperazine rings is 1. The van der Waals surface area contributed by atoms with Gasteiger partial charge in [0.05, 0.1) is 0 Å². The summed E-state index contributed by atoms with van der Waals surface area (Å²) in [7, 11) is 1.79. The molecule has 4 rings (SSSR count). The van der Waals surface area contributed by atoms with Gasteiger partial charge in [0.15, 0.2) is 5.96 Å². The minimum Gasteiger partial charge on any atom is -0.381 e. The van der Waals surface area contributed by atoms with Crippen LogP contribution in [0.2, 0.25) is 0 Å². The maximum absolute atomic E-state index is 13.5. The quantitative estimate of drug-likeness (QED) is 0.580. The topological polar surface area (TPSA) is 66.4 Å². The van der Waals surface area contributed by atoms with Crippen LogP contribution in [-0.4, -0.2) is 87.4 Å². The van der Waals surface area contributed by atoms with Crippen LogP contribution in [0.3, 0.4) is 0 Å². The van der Waals surface area contributed by atoms with Crippen LogP contribution < -0.4 is 5.32 Å². The van der Waals surface area contributed by atoms with E-state index in [1.807, 2.05) is 17.0 Å². The number of carbonyl (C=O) groups is 1. The molecule has 1 aromatic rings. The van der Waals surface area contributed by atoms with Crippen molar-refractivity contribution in [1.82, 2.24) is 15.1 Å². The molecule has 170 valence electrons. The summed E-state index contributed by atoms with van der Waals surface area (Å²) in [4.78, 5) is 21.2. The van der Waals surface area contributed by atoms with Gasteiger partial charge in [-0.3, -0.25) is 9.79 Å². The lowest BCUT2D eigenvalue weighted by atomic mass is 9.74. The lowest BCUT2D eigenvalue weighted by molar-refractivity contribution is -0.142. The van der Waals surface area contributed by atoms with E-state index in [9.17, 15) is 9.18 Å². The van der Waals surface area contributed by atoms with Crippen LogP contribution >= 0.6 is 0 Å². The van der Waals surface area contributed by atoms with Gasteiger partial charge in [0.1, 0.15) is 11.9 Å². The molecule has 8 heteroatoms. The molecule has 3 aliphatic rings.